The standard InChI is InChI=1S/C17H22ClN3O2/c1-16(2,3)23-15(22)21-10-6-9-17(11-19,12-21)20-14-8-5-4-7-13(14)18/h4-5,7-8,20H,6,9-10,12H2,1-3H3. The highest BCUT2D eigenvalue weighted by atomic mass is 35.5. The quantitative estimate of drug-likeness (QED) is 0.885. The number of carbonyl (C=O) groups is 1. The van der Waals surface area contributed by atoms with Gasteiger partial charge in [-0.25, -0.2) is 4.79 Å². The van der Waals surface area contributed by atoms with Gasteiger partial charge in [-0.15, -0.1) is 0 Å². The lowest BCUT2D eigenvalue weighted by Crippen LogP contribution is -2.54. The number of hydrogen-bond acceptors (Lipinski definition) is 4. The van der Waals surface area contributed by atoms with Crippen LogP contribution in [0.3, 0.4) is 0 Å². The van der Waals surface area contributed by atoms with Crippen molar-refractivity contribution in [2.24, 2.45) is 0 Å². The highest BCUT2D eigenvalue weighted by Crippen LogP contribution is 2.30. The molecule has 1 aliphatic heterocycles. The number of para-hydroxylation sites is 1. The van der Waals surface area contributed by atoms with E-state index in [0.29, 0.717) is 23.7 Å². The number of hydrogen-bond donors (Lipinski definition) is 1. The fourth-order valence-electron chi connectivity index (χ4n) is 2.58. The number of benzene rings is 1. The van der Waals surface area contributed by atoms with Gasteiger partial charge in [0.2, 0.25) is 0 Å². The van der Waals surface area contributed by atoms with Crippen molar-refractivity contribution in [3.8, 4) is 6.07 Å². The molecule has 1 amide bonds. The van der Waals surface area contributed by atoms with Crippen LogP contribution in [-0.2, 0) is 4.74 Å². The first-order valence-electron chi connectivity index (χ1n) is 7.67. The monoisotopic (exact) mass is 335 g/mol. The van der Waals surface area contributed by atoms with Gasteiger partial charge in [-0.1, -0.05) is 23.7 Å². The Morgan fingerprint density at radius 1 is 1.43 bits per heavy atom. The lowest BCUT2D eigenvalue weighted by atomic mass is 9.90. The third-order valence-corrected chi connectivity index (χ3v) is 3.94. The van der Waals surface area contributed by atoms with E-state index < -0.39 is 17.2 Å². The van der Waals surface area contributed by atoms with Crippen molar-refractivity contribution in [3.05, 3.63) is 29.3 Å². The van der Waals surface area contributed by atoms with Crippen LogP contribution in [0.1, 0.15) is 33.6 Å². The summed E-state index contributed by atoms with van der Waals surface area (Å²) < 4.78 is 5.41. The number of amides is 1. The molecule has 23 heavy (non-hydrogen) atoms. The first-order valence-corrected chi connectivity index (χ1v) is 8.04. The molecule has 0 radical (unpaired) electrons. The van der Waals surface area contributed by atoms with Crippen LogP contribution in [0, 0.1) is 11.3 Å². The summed E-state index contributed by atoms with van der Waals surface area (Å²) in [6.45, 7) is 6.34. The molecule has 6 heteroatoms. The first kappa shape index (κ1) is 17.4. The maximum Gasteiger partial charge on any atom is 0.410 e. The Labute approximate surface area is 142 Å². The molecular formula is C17H22ClN3O2. The zero-order valence-corrected chi connectivity index (χ0v) is 14.5. The fourth-order valence-corrected chi connectivity index (χ4v) is 2.76. The SMILES string of the molecule is CC(C)(C)OC(=O)N1CCCC(C#N)(Nc2ccccc2Cl)C1. The summed E-state index contributed by atoms with van der Waals surface area (Å²) >= 11 is 6.17. The second kappa shape index (κ2) is 6.67. The van der Waals surface area contributed by atoms with E-state index in [2.05, 4.69) is 11.4 Å². The number of nitrogens with one attached hydrogen (secondary N) is 1. The van der Waals surface area contributed by atoms with Gasteiger partial charge in [0.1, 0.15) is 11.1 Å². The summed E-state index contributed by atoms with van der Waals surface area (Å²) in [5.41, 5.74) is -0.720. The highest BCUT2D eigenvalue weighted by Gasteiger charge is 2.39. The molecule has 1 aromatic rings. The summed E-state index contributed by atoms with van der Waals surface area (Å²) in [6.07, 6.45) is 0.982. The topological polar surface area (TPSA) is 65.4 Å². The van der Waals surface area contributed by atoms with Crippen molar-refractivity contribution in [2.45, 2.75) is 44.8 Å². The Morgan fingerprint density at radius 2 is 2.13 bits per heavy atom. The molecule has 124 valence electrons. The van der Waals surface area contributed by atoms with Gasteiger partial charge in [0, 0.05) is 6.54 Å². The number of nitriles is 1. The van der Waals surface area contributed by atoms with E-state index in [1.807, 2.05) is 39.0 Å². The molecular weight excluding hydrogens is 314 g/mol. The molecule has 5 nitrogen and oxygen atoms in total. The number of nitrogens with zero attached hydrogens (tertiary/aromatic N) is 2. The number of halogens is 1. The minimum absolute atomic E-state index is 0.267. The second-order valence-electron chi connectivity index (χ2n) is 6.80. The molecule has 2 rings (SSSR count). The van der Waals surface area contributed by atoms with E-state index in [4.69, 9.17) is 16.3 Å². The molecule has 1 N–H and O–H groups in total. The summed E-state index contributed by atoms with van der Waals surface area (Å²) in [6, 6.07) is 9.60. The molecule has 1 aromatic carbocycles. The summed E-state index contributed by atoms with van der Waals surface area (Å²) in [5, 5.41) is 13.5. The second-order valence-corrected chi connectivity index (χ2v) is 7.21. The number of carbonyl (C=O) groups excluding carboxylic acids is 1. The van der Waals surface area contributed by atoms with Crippen molar-refractivity contribution in [1.82, 2.24) is 4.90 Å². The minimum Gasteiger partial charge on any atom is -0.444 e. The Bertz CT molecular complexity index is 621. The maximum atomic E-state index is 12.3. The number of anilines is 1. The molecule has 1 fully saturated rings. The minimum atomic E-state index is -0.861. The normalized spacial score (nSPS) is 21.4. The molecule has 0 bridgehead atoms. The molecule has 1 unspecified atom stereocenters. The van der Waals surface area contributed by atoms with Crippen LogP contribution in [0.2, 0.25) is 5.02 Å². The molecule has 1 saturated heterocycles. The van der Waals surface area contributed by atoms with Gasteiger partial charge in [0.15, 0.2) is 0 Å². The third kappa shape index (κ3) is 4.52. The molecule has 0 saturated carbocycles. The lowest BCUT2D eigenvalue weighted by Gasteiger charge is -2.39. The van der Waals surface area contributed by atoms with Gasteiger partial charge >= 0.3 is 6.09 Å². The van der Waals surface area contributed by atoms with E-state index in [-0.39, 0.29) is 6.54 Å². The number of piperidine rings is 1. The van der Waals surface area contributed by atoms with E-state index in [1.165, 1.54) is 0 Å². The van der Waals surface area contributed by atoms with E-state index >= 15 is 0 Å². The Morgan fingerprint density at radius 3 is 2.74 bits per heavy atom. The molecule has 1 heterocycles. The van der Waals surface area contributed by atoms with Crippen LogP contribution in [0.4, 0.5) is 10.5 Å². The summed E-state index contributed by atoms with van der Waals surface area (Å²) in [4.78, 5) is 13.9. The zero-order chi connectivity index (χ0) is 17.1. The molecule has 0 aliphatic carbocycles. The largest absolute Gasteiger partial charge is 0.444 e. The van der Waals surface area contributed by atoms with Crippen LogP contribution in [0.5, 0.6) is 0 Å². The van der Waals surface area contributed by atoms with Crippen LogP contribution >= 0.6 is 11.6 Å². The number of rotatable bonds is 2. The summed E-state index contributed by atoms with van der Waals surface area (Å²) in [5.74, 6) is 0. The van der Waals surface area contributed by atoms with Crippen molar-refractivity contribution < 1.29 is 9.53 Å². The van der Waals surface area contributed by atoms with Crippen molar-refractivity contribution in [3.63, 3.8) is 0 Å². The Hall–Kier alpha value is -1.93. The number of ether oxygens (including phenoxy) is 1. The lowest BCUT2D eigenvalue weighted by molar-refractivity contribution is 0.0181. The Kier molecular flexibility index (Phi) is 5.06. The van der Waals surface area contributed by atoms with Crippen molar-refractivity contribution >= 4 is 23.4 Å². The zero-order valence-electron chi connectivity index (χ0n) is 13.7. The maximum absolute atomic E-state index is 12.3. The van der Waals surface area contributed by atoms with Gasteiger partial charge in [0.25, 0.3) is 0 Å². The van der Waals surface area contributed by atoms with Crippen LogP contribution in [0.25, 0.3) is 0 Å². The fraction of sp³-hybridized carbons (Fsp3) is 0.529. The number of likely N-dealkylation sites (tertiary alicyclic amines) is 1. The Balaban J connectivity index is 2.15. The average molecular weight is 336 g/mol. The average Bonchev–Trinajstić information content (AvgIpc) is 2.48. The molecule has 0 aromatic heterocycles. The van der Waals surface area contributed by atoms with Gasteiger partial charge in [0.05, 0.1) is 23.3 Å². The molecule has 0 spiro atoms. The predicted molar refractivity (Wildman–Crippen MR) is 90.5 cm³/mol. The van der Waals surface area contributed by atoms with Gasteiger partial charge < -0.3 is 15.0 Å². The molecule has 1 aliphatic rings. The van der Waals surface area contributed by atoms with Crippen LogP contribution in [0.15, 0.2) is 24.3 Å². The van der Waals surface area contributed by atoms with Crippen LogP contribution in [-0.4, -0.2) is 35.2 Å². The van der Waals surface area contributed by atoms with E-state index in [9.17, 15) is 10.1 Å². The first-order chi connectivity index (χ1) is 10.7. The van der Waals surface area contributed by atoms with Gasteiger partial charge in [-0.2, -0.15) is 5.26 Å². The van der Waals surface area contributed by atoms with Crippen molar-refractivity contribution in [2.75, 3.05) is 18.4 Å². The molecule has 1 atom stereocenters. The van der Waals surface area contributed by atoms with Gasteiger partial charge in [-0.05, 0) is 45.7 Å². The highest BCUT2D eigenvalue weighted by molar-refractivity contribution is 6.33. The third-order valence-electron chi connectivity index (χ3n) is 3.61. The van der Waals surface area contributed by atoms with E-state index in [1.54, 1.807) is 11.0 Å². The summed E-state index contributed by atoms with van der Waals surface area (Å²) in [7, 11) is 0. The smallest absolute Gasteiger partial charge is 0.410 e. The van der Waals surface area contributed by atoms with Crippen molar-refractivity contribution in [1.29, 1.82) is 5.26 Å². The van der Waals surface area contributed by atoms with E-state index in [0.717, 1.165) is 6.42 Å². The van der Waals surface area contributed by atoms with Gasteiger partial charge in [-0.3, -0.25) is 0 Å². The van der Waals surface area contributed by atoms with Crippen LogP contribution < -0.4 is 5.32 Å². The predicted octanol–water partition coefficient (Wildman–Crippen LogP) is 4.05.